The Bertz CT molecular complexity index is 897. The number of carbonyl (C=O) groups is 1. The number of rotatable bonds is 10. The summed E-state index contributed by atoms with van der Waals surface area (Å²) in [6.45, 7) is 4.91. The van der Waals surface area contributed by atoms with Crippen LogP contribution in [0.1, 0.15) is 25.8 Å². The lowest BCUT2D eigenvalue weighted by Crippen LogP contribution is -2.30. The van der Waals surface area contributed by atoms with E-state index >= 15 is 0 Å². The summed E-state index contributed by atoms with van der Waals surface area (Å²) in [5, 5.41) is 3.40. The van der Waals surface area contributed by atoms with E-state index < -0.39 is 10.0 Å². The molecule has 0 atom stereocenters. The zero-order valence-corrected chi connectivity index (χ0v) is 18.5. The van der Waals surface area contributed by atoms with Gasteiger partial charge in [0, 0.05) is 11.6 Å². The number of anilines is 1. The summed E-state index contributed by atoms with van der Waals surface area (Å²) in [6.07, 6.45) is 2.07. The Hall–Kier alpha value is -2.25. The lowest BCUT2D eigenvalue weighted by Gasteiger charge is -2.23. The van der Waals surface area contributed by atoms with Crippen molar-refractivity contribution < 1.29 is 17.9 Å². The van der Waals surface area contributed by atoms with Gasteiger partial charge >= 0.3 is 0 Å². The van der Waals surface area contributed by atoms with Gasteiger partial charge in [-0.3, -0.25) is 9.10 Å². The second kappa shape index (κ2) is 10.5. The molecule has 8 heteroatoms. The minimum Gasteiger partial charge on any atom is -0.484 e. The Labute approximate surface area is 177 Å². The molecule has 1 amide bonds. The van der Waals surface area contributed by atoms with Gasteiger partial charge in [-0.05, 0) is 54.3 Å². The molecule has 158 valence electrons. The van der Waals surface area contributed by atoms with Crippen molar-refractivity contribution in [1.29, 1.82) is 0 Å². The SMILES string of the molecule is CC(C)CCNC(=O)COc1ccc(N(Cc2ccc(Cl)cc2)S(C)(=O)=O)cc1. The number of nitrogens with zero attached hydrogens (tertiary/aromatic N) is 1. The zero-order valence-electron chi connectivity index (χ0n) is 16.9. The van der Waals surface area contributed by atoms with E-state index in [4.69, 9.17) is 16.3 Å². The average Bonchev–Trinajstić information content (AvgIpc) is 2.65. The Morgan fingerprint density at radius 3 is 2.28 bits per heavy atom. The summed E-state index contributed by atoms with van der Waals surface area (Å²) in [5.41, 5.74) is 1.33. The third-order valence-corrected chi connectivity index (χ3v) is 5.57. The van der Waals surface area contributed by atoms with Crippen LogP contribution >= 0.6 is 11.6 Å². The van der Waals surface area contributed by atoms with Crippen LogP contribution in [0, 0.1) is 5.92 Å². The second-order valence-corrected chi connectivity index (χ2v) is 9.55. The molecule has 2 aromatic rings. The Kier molecular flexibility index (Phi) is 8.34. The smallest absolute Gasteiger partial charge is 0.257 e. The molecule has 0 aliphatic heterocycles. The summed E-state index contributed by atoms with van der Waals surface area (Å²) < 4.78 is 31.3. The average molecular weight is 439 g/mol. The van der Waals surface area contributed by atoms with Crippen molar-refractivity contribution in [2.45, 2.75) is 26.8 Å². The molecule has 2 aromatic carbocycles. The topological polar surface area (TPSA) is 75.7 Å². The lowest BCUT2D eigenvalue weighted by atomic mass is 10.1. The molecule has 0 unspecified atom stereocenters. The van der Waals surface area contributed by atoms with Crippen LogP contribution in [0.5, 0.6) is 5.75 Å². The number of hydrogen-bond acceptors (Lipinski definition) is 4. The largest absolute Gasteiger partial charge is 0.484 e. The van der Waals surface area contributed by atoms with E-state index in [1.165, 1.54) is 4.31 Å². The molecule has 0 spiro atoms. The Morgan fingerprint density at radius 2 is 1.72 bits per heavy atom. The summed E-state index contributed by atoms with van der Waals surface area (Å²) in [5.74, 6) is 0.831. The van der Waals surface area contributed by atoms with E-state index in [0.29, 0.717) is 28.9 Å². The van der Waals surface area contributed by atoms with Gasteiger partial charge in [0.15, 0.2) is 6.61 Å². The highest BCUT2D eigenvalue weighted by Gasteiger charge is 2.18. The van der Waals surface area contributed by atoms with E-state index in [1.807, 2.05) is 0 Å². The van der Waals surface area contributed by atoms with Gasteiger partial charge in [-0.15, -0.1) is 0 Å². The first-order valence-electron chi connectivity index (χ1n) is 9.37. The maximum atomic E-state index is 12.3. The van der Waals surface area contributed by atoms with E-state index in [0.717, 1.165) is 18.2 Å². The van der Waals surface area contributed by atoms with E-state index in [9.17, 15) is 13.2 Å². The van der Waals surface area contributed by atoms with Crippen molar-refractivity contribution in [3.8, 4) is 5.75 Å². The first-order chi connectivity index (χ1) is 13.6. The number of carbonyl (C=O) groups excluding carboxylic acids is 1. The number of hydrogen-bond donors (Lipinski definition) is 1. The quantitative estimate of drug-likeness (QED) is 0.611. The summed E-state index contributed by atoms with van der Waals surface area (Å²) in [7, 11) is -3.49. The standard InChI is InChI=1S/C21H27ClN2O4S/c1-16(2)12-13-23-21(25)15-28-20-10-8-19(9-11-20)24(29(3,26)27)14-17-4-6-18(22)7-5-17/h4-11,16H,12-15H2,1-3H3,(H,23,25). The molecule has 0 saturated heterocycles. The highest BCUT2D eigenvalue weighted by atomic mass is 35.5. The van der Waals surface area contributed by atoms with Crippen LogP contribution in [0.25, 0.3) is 0 Å². The molecule has 0 aliphatic carbocycles. The fraction of sp³-hybridized carbons (Fsp3) is 0.381. The van der Waals surface area contributed by atoms with Crippen LogP contribution in [0.2, 0.25) is 5.02 Å². The monoisotopic (exact) mass is 438 g/mol. The van der Waals surface area contributed by atoms with E-state index in [1.54, 1.807) is 48.5 Å². The second-order valence-electron chi connectivity index (χ2n) is 7.21. The molecule has 29 heavy (non-hydrogen) atoms. The molecule has 2 rings (SSSR count). The third kappa shape index (κ3) is 7.95. The molecule has 0 aromatic heterocycles. The highest BCUT2D eigenvalue weighted by Crippen LogP contribution is 2.24. The van der Waals surface area contributed by atoms with Crippen molar-refractivity contribution >= 4 is 33.2 Å². The van der Waals surface area contributed by atoms with Gasteiger partial charge in [-0.2, -0.15) is 0 Å². The molecular formula is C21H27ClN2O4S. The maximum Gasteiger partial charge on any atom is 0.257 e. The van der Waals surface area contributed by atoms with Crippen LogP contribution in [0.15, 0.2) is 48.5 Å². The number of benzene rings is 2. The first-order valence-corrected chi connectivity index (χ1v) is 11.6. The minimum absolute atomic E-state index is 0.0853. The number of amides is 1. The molecule has 0 fully saturated rings. The number of sulfonamides is 1. The van der Waals surface area contributed by atoms with Crippen LogP contribution in [0.3, 0.4) is 0 Å². The molecule has 0 radical (unpaired) electrons. The molecule has 0 saturated carbocycles. The van der Waals surface area contributed by atoms with Gasteiger partial charge < -0.3 is 10.1 Å². The fourth-order valence-electron chi connectivity index (χ4n) is 2.56. The highest BCUT2D eigenvalue weighted by molar-refractivity contribution is 7.92. The van der Waals surface area contributed by atoms with Gasteiger partial charge in [0.1, 0.15) is 5.75 Å². The first kappa shape index (κ1) is 23.0. The lowest BCUT2D eigenvalue weighted by molar-refractivity contribution is -0.123. The zero-order chi connectivity index (χ0) is 21.4. The number of nitrogens with one attached hydrogen (secondary N) is 1. The van der Waals surface area contributed by atoms with Crippen molar-refractivity contribution in [3.05, 3.63) is 59.1 Å². The van der Waals surface area contributed by atoms with Crippen molar-refractivity contribution in [1.82, 2.24) is 5.32 Å². The van der Waals surface area contributed by atoms with E-state index in [-0.39, 0.29) is 19.1 Å². The normalized spacial score (nSPS) is 11.3. The van der Waals surface area contributed by atoms with Gasteiger partial charge in [0.2, 0.25) is 10.0 Å². The van der Waals surface area contributed by atoms with Gasteiger partial charge in [-0.1, -0.05) is 37.6 Å². The fourth-order valence-corrected chi connectivity index (χ4v) is 3.58. The molecule has 6 nitrogen and oxygen atoms in total. The molecule has 0 bridgehead atoms. The van der Waals surface area contributed by atoms with Crippen molar-refractivity contribution in [2.24, 2.45) is 5.92 Å². The van der Waals surface area contributed by atoms with Crippen molar-refractivity contribution in [3.63, 3.8) is 0 Å². The van der Waals surface area contributed by atoms with Gasteiger partial charge in [0.25, 0.3) is 5.91 Å². The Balaban J connectivity index is 2.00. The van der Waals surface area contributed by atoms with Crippen LogP contribution in [-0.2, 0) is 21.4 Å². The summed E-state index contributed by atoms with van der Waals surface area (Å²) in [4.78, 5) is 11.8. The molecule has 1 N–H and O–H groups in total. The maximum absolute atomic E-state index is 12.3. The van der Waals surface area contributed by atoms with Gasteiger partial charge in [-0.25, -0.2) is 8.42 Å². The molecule has 0 heterocycles. The molecular weight excluding hydrogens is 412 g/mol. The van der Waals surface area contributed by atoms with Crippen LogP contribution < -0.4 is 14.4 Å². The number of halogens is 1. The third-order valence-electron chi connectivity index (χ3n) is 4.18. The van der Waals surface area contributed by atoms with Crippen LogP contribution in [0.4, 0.5) is 5.69 Å². The number of ether oxygens (including phenoxy) is 1. The summed E-state index contributed by atoms with van der Waals surface area (Å²) >= 11 is 5.89. The summed E-state index contributed by atoms with van der Waals surface area (Å²) in [6, 6.07) is 13.6. The van der Waals surface area contributed by atoms with Gasteiger partial charge in [0.05, 0.1) is 18.5 Å². The predicted octanol–water partition coefficient (Wildman–Crippen LogP) is 3.85. The minimum atomic E-state index is -3.49. The van der Waals surface area contributed by atoms with Crippen LogP contribution in [-0.4, -0.2) is 33.7 Å². The predicted molar refractivity (Wildman–Crippen MR) is 117 cm³/mol. The van der Waals surface area contributed by atoms with Crippen molar-refractivity contribution in [2.75, 3.05) is 23.7 Å². The van der Waals surface area contributed by atoms with E-state index in [2.05, 4.69) is 19.2 Å². The Morgan fingerprint density at radius 1 is 1.10 bits per heavy atom. The molecule has 0 aliphatic rings.